The van der Waals surface area contributed by atoms with Crippen molar-refractivity contribution >= 4 is 33.0 Å². The second-order valence-electron chi connectivity index (χ2n) is 8.30. The molecule has 0 spiro atoms. The summed E-state index contributed by atoms with van der Waals surface area (Å²) in [5.74, 6) is 0.890. The minimum absolute atomic E-state index is 0.0486. The third-order valence-corrected chi connectivity index (χ3v) is 6.83. The van der Waals surface area contributed by atoms with E-state index in [4.69, 9.17) is 10.5 Å². The van der Waals surface area contributed by atoms with Crippen molar-refractivity contribution in [3.05, 3.63) is 72.2 Å². The van der Waals surface area contributed by atoms with Crippen LogP contribution in [0.3, 0.4) is 0 Å². The number of nitrogens with two attached hydrogens (primary N) is 1. The summed E-state index contributed by atoms with van der Waals surface area (Å²) >= 11 is 1.46. The number of hydrogen-bond acceptors (Lipinski definition) is 6. The molecule has 32 heavy (non-hydrogen) atoms. The van der Waals surface area contributed by atoms with Gasteiger partial charge in [0.05, 0.1) is 17.4 Å². The van der Waals surface area contributed by atoms with Gasteiger partial charge in [0, 0.05) is 29.0 Å². The standard InChI is InChI=1S/C26H25N3O2S/c27-26-29-16-25(32-26)18-6-7-19-15-28-21(13-20(19)12-18)14-24(30)17-8-10-23(11-9-17)31-22-4-2-1-3-5-22/h6-13,15-16,22H,1-5,14H2,(H2,27,29). The van der Waals surface area contributed by atoms with Crippen LogP contribution in [0.15, 0.2) is 60.9 Å². The molecule has 0 radical (unpaired) electrons. The largest absolute Gasteiger partial charge is 0.490 e. The summed E-state index contributed by atoms with van der Waals surface area (Å²) in [4.78, 5) is 22.5. The van der Waals surface area contributed by atoms with Crippen molar-refractivity contribution in [2.75, 3.05) is 5.73 Å². The van der Waals surface area contributed by atoms with E-state index in [1.807, 2.05) is 48.7 Å². The molecule has 2 N–H and O–H groups in total. The number of hydrogen-bond donors (Lipinski definition) is 1. The number of nitrogen functional groups attached to an aromatic ring is 1. The van der Waals surface area contributed by atoms with Gasteiger partial charge in [-0.05, 0) is 73.0 Å². The van der Waals surface area contributed by atoms with Crippen LogP contribution in [-0.4, -0.2) is 21.9 Å². The van der Waals surface area contributed by atoms with E-state index in [9.17, 15) is 4.79 Å². The van der Waals surface area contributed by atoms with Gasteiger partial charge in [-0.1, -0.05) is 29.9 Å². The van der Waals surface area contributed by atoms with Crippen molar-refractivity contribution in [2.45, 2.75) is 44.6 Å². The molecule has 1 fully saturated rings. The van der Waals surface area contributed by atoms with E-state index in [1.54, 1.807) is 6.20 Å². The molecule has 5 rings (SSSR count). The molecule has 6 heteroatoms. The minimum atomic E-state index is 0.0486. The van der Waals surface area contributed by atoms with E-state index >= 15 is 0 Å². The van der Waals surface area contributed by atoms with E-state index in [1.165, 1.54) is 30.6 Å². The monoisotopic (exact) mass is 443 g/mol. The van der Waals surface area contributed by atoms with Gasteiger partial charge in [-0.25, -0.2) is 4.98 Å². The van der Waals surface area contributed by atoms with Crippen molar-refractivity contribution in [3.8, 4) is 16.2 Å². The molecular weight excluding hydrogens is 418 g/mol. The molecule has 2 aromatic heterocycles. The van der Waals surface area contributed by atoms with Gasteiger partial charge in [-0.3, -0.25) is 9.78 Å². The summed E-state index contributed by atoms with van der Waals surface area (Å²) in [5, 5.41) is 2.63. The lowest BCUT2D eigenvalue weighted by Gasteiger charge is -2.23. The number of fused-ring (bicyclic) bond motifs is 1. The number of Topliss-reactive ketones (excluding diaryl/α,β-unsaturated/α-hetero) is 1. The second kappa shape index (κ2) is 9.09. The molecule has 162 valence electrons. The first-order valence-corrected chi connectivity index (χ1v) is 11.9. The third-order valence-electron chi connectivity index (χ3n) is 5.96. The Morgan fingerprint density at radius 1 is 0.969 bits per heavy atom. The zero-order chi connectivity index (χ0) is 21.9. The van der Waals surface area contributed by atoms with Crippen molar-refractivity contribution in [1.29, 1.82) is 0 Å². The Balaban J connectivity index is 1.29. The number of rotatable bonds is 6. The van der Waals surface area contributed by atoms with Crippen LogP contribution in [0.1, 0.15) is 48.2 Å². The quantitative estimate of drug-likeness (QED) is 0.366. The molecule has 0 atom stereocenters. The Labute approximate surface area is 191 Å². The topological polar surface area (TPSA) is 78.1 Å². The fraction of sp³-hybridized carbons (Fsp3) is 0.269. The number of anilines is 1. The van der Waals surface area contributed by atoms with Crippen LogP contribution in [0.4, 0.5) is 5.13 Å². The predicted octanol–water partition coefficient (Wildman–Crippen LogP) is 6.08. The molecule has 0 bridgehead atoms. The molecular formula is C26H25N3O2S. The van der Waals surface area contributed by atoms with Crippen molar-refractivity contribution in [3.63, 3.8) is 0 Å². The summed E-state index contributed by atoms with van der Waals surface area (Å²) in [6, 6.07) is 15.7. The van der Waals surface area contributed by atoms with Crippen LogP contribution in [0.5, 0.6) is 5.75 Å². The highest BCUT2D eigenvalue weighted by Crippen LogP contribution is 2.30. The number of nitrogens with zero attached hydrogens (tertiary/aromatic N) is 2. The van der Waals surface area contributed by atoms with E-state index in [-0.39, 0.29) is 12.2 Å². The van der Waals surface area contributed by atoms with Gasteiger partial charge in [0.15, 0.2) is 10.9 Å². The molecule has 2 heterocycles. The summed E-state index contributed by atoms with van der Waals surface area (Å²) < 4.78 is 6.07. The second-order valence-corrected chi connectivity index (χ2v) is 9.36. The fourth-order valence-corrected chi connectivity index (χ4v) is 4.90. The van der Waals surface area contributed by atoms with Crippen LogP contribution >= 0.6 is 11.3 Å². The molecule has 1 saturated carbocycles. The van der Waals surface area contributed by atoms with Gasteiger partial charge in [0.2, 0.25) is 0 Å². The number of ether oxygens (including phenoxy) is 1. The molecule has 0 unspecified atom stereocenters. The highest BCUT2D eigenvalue weighted by Gasteiger charge is 2.15. The minimum Gasteiger partial charge on any atom is -0.490 e. The lowest BCUT2D eigenvalue weighted by molar-refractivity contribution is 0.0992. The summed E-state index contributed by atoms with van der Waals surface area (Å²) in [5.41, 5.74) is 8.26. The first kappa shape index (κ1) is 20.6. The molecule has 5 nitrogen and oxygen atoms in total. The Morgan fingerprint density at radius 3 is 2.53 bits per heavy atom. The normalized spacial score (nSPS) is 14.5. The highest BCUT2D eigenvalue weighted by molar-refractivity contribution is 7.18. The van der Waals surface area contributed by atoms with Gasteiger partial charge in [-0.2, -0.15) is 0 Å². The molecule has 4 aromatic rings. The Kier molecular flexibility index (Phi) is 5.86. The summed E-state index contributed by atoms with van der Waals surface area (Å²) in [6.07, 6.45) is 10.2. The van der Waals surface area contributed by atoms with E-state index in [2.05, 4.69) is 16.0 Å². The van der Waals surface area contributed by atoms with Gasteiger partial charge in [0.25, 0.3) is 0 Å². The zero-order valence-corrected chi connectivity index (χ0v) is 18.6. The molecule has 1 aliphatic carbocycles. The Bertz CT molecular complexity index is 1240. The molecule has 0 aliphatic heterocycles. The first-order chi connectivity index (χ1) is 15.6. The molecule has 1 aliphatic rings. The first-order valence-electron chi connectivity index (χ1n) is 11.0. The average Bonchev–Trinajstić information content (AvgIpc) is 3.26. The SMILES string of the molecule is Nc1ncc(-c2ccc3cnc(CC(=O)c4ccc(OC5CCCCC5)cc4)cc3c2)s1. The smallest absolute Gasteiger partial charge is 0.180 e. The van der Waals surface area contributed by atoms with E-state index < -0.39 is 0 Å². The Hall–Kier alpha value is -3.25. The Morgan fingerprint density at radius 2 is 1.78 bits per heavy atom. The molecule has 2 aromatic carbocycles. The predicted molar refractivity (Wildman–Crippen MR) is 129 cm³/mol. The molecule has 0 saturated heterocycles. The maximum absolute atomic E-state index is 12.8. The zero-order valence-electron chi connectivity index (χ0n) is 17.8. The number of carbonyl (C=O) groups excluding carboxylic acids is 1. The maximum atomic E-state index is 12.8. The van der Waals surface area contributed by atoms with Crippen LogP contribution in [0, 0.1) is 0 Å². The summed E-state index contributed by atoms with van der Waals surface area (Å²) in [7, 11) is 0. The van der Waals surface area contributed by atoms with Gasteiger partial charge in [-0.15, -0.1) is 0 Å². The van der Waals surface area contributed by atoms with E-state index in [0.29, 0.717) is 16.8 Å². The number of ketones is 1. The third kappa shape index (κ3) is 4.65. The number of benzene rings is 2. The number of aromatic nitrogens is 2. The highest BCUT2D eigenvalue weighted by atomic mass is 32.1. The van der Waals surface area contributed by atoms with Crippen LogP contribution < -0.4 is 10.5 Å². The average molecular weight is 444 g/mol. The van der Waals surface area contributed by atoms with E-state index in [0.717, 1.165) is 45.5 Å². The molecule has 0 amide bonds. The van der Waals surface area contributed by atoms with Crippen LogP contribution in [0.25, 0.3) is 21.2 Å². The fourth-order valence-electron chi connectivity index (χ4n) is 4.22. The number of pyridine rings is 1. The maximum Gasteiger partial charge on any atom is 0.180 e. The summed E-state index contributed by atoms with van der Waals surface area (Å²) in [6.45, 7) is 0. The van der Waals surface area contributed by atoms with Crippen molar-refractivity contribution in [2.24, 2.45) is 0 Å². The van der Waals surface area contributed by atoms with Gasteiger partial charge < -0.3 is 10.5 Å². The number of thiazole rings is 1. The van der Waals surface area contributed by atoms with Crippen molar-refractivity contribution in [1.82, 2.24) is 9.97 Å². The van der Waals surface area contributed by atoms with Crippen LogP contribution in [-0.2, 0) is 6.42 Å². The van der Waals surface area contributed by atoms with Gasteiger partial charge >= 0.3 is 0 Å². The lowest BCUT2D eigenvalue weighted by Crippen LogP contribution is -2.19. The van der Waals surface area contributed by atoms with Crippen LogP contribution in [0.2, 0.25) is 0 Å². The van der Waals surface area contributed by atoms with Crippen molar-refractivity contribution < 1.29 is 9.53 Å². The lowest BCUT2D eigenvalue weighted by atomic mass is 9.98. The van der Waals surface area contributed by atoms with Gasteiger partial charge in [0.1, 0.15) is 5.75 Å². The number of carbonyl (C=O) groups is 1.